The number of hydrogen-bond acceptors (Lipinski definition) is 3. The van der Waals surface area contributed by atoms with E-state index in [4.69, 9.17) is 11.6 Å². The van der Waals surface area contributed by atoms with Gasteiger partial charge in [0.05, 0.1) is 5.02 Å². The molecule has 1 aliphatic rings. The molecule has 3 rings (SSSR count). The Labute approximate surface area is 154 Å². The summed E-state index contributed by atoms with van der Waals surface area (Å²) in [6, 6.07) is 14.0. The minimum atomic E-state index is -0.127. The van der Waals surface area contributed by atoms with Gasteiger partial charge in [0.25, 0.3) is 5.91 Å². The lowest BCUT2D eigenvalue weighted by atomic mass is 9.93. The fraction of sp³-hybridized carbons (Fsp3) is 0.400. The molecule has 0 unspecified atom stereocenters. The van der Waals surface area contributed by atoms with Crippen molar-refractivity contribution in [3.63, 3.8) is 0 Å². The summed E-state index contributed by atoms with van der Waals surface area (Å²) >= 11 is 5.79. The largest absolute Gasteiger partial charge is 0.351 e. The number of halogens is 1. The van der Waals surface area contributed by atoms with Crippen LogP contribution < -0.4 is 5.32 Å². The van der Waals surface area contributed by atoms with Crippen molar-refractivity contribution in [3.8, 4) is 0 Å². The maximum absolute atomic E-state index is 12.0. The third-order valence-corrected chi connectivity index (χ3v) is 4.98. The van der Waals surface area contributed by atoms with E-state index >= 15 is 0 Å². The van der Waals surface area contributed by atoms with E-state index in [9.17, 15) is 4.79 Å². The van der Waals surface area contributed by atoms with Gasteiger partial charge >= 0.3 is 0 Å². The van der Waals surface area contributed by atoms with Gasteiger partial charge in [0.1, 0.15) is 5.69 Å². The third-order valence-electron chi connectivity index (χ3n) is 4.75. The fourth-order valence-electron chi connectivity index (χ4n) is 3.27. The second kappa shape index (κ2) is 8.97. The number of nitrogens with one attached hydrogen (secondary N) is 1. The number of pyridine rings is 1. The quantitative estimate of drug-likeness (QED) is 0.856. The predicted octanol–water partition coefficient (Wildman–Crippen LogP) is 3.77. The first kappa shape index (κ1) is 17.9. The van der Waals surface area contributed by atoms with Gasteiger partial charge in [0.15, 0.2) is 0 Å². The lowest BCUT2D eigenvalue weighted by molar-refractivity contribution is 0.0942. The Morgan fingerprint density at radius 3 is 2.60 bits per heavy atom. The first-order chi connectivity index (χ1) is 12.2. The monoisotopic (exact) mass is 357 g/mol. The average Bonchev–Trinajstić information content (AvgIpc) is 2.64. The summed E-state index contributed by atoms with van der Waals surface area (Å²) in [5, 5.41) is 3.50. The number of aromatic nitrogens is 1. The van der Waals surface area contributed by atoms with Crippen molar-refractivity contribution < 1.29 is 4.79 Å². The van der Waals surface area contributed by atoms with Crippen LogP contribution in [0, 0.1) is 5.92 Å². The number of rotatable bonds is 6. The molecule has 1 saturated heterocycles. The fourth-order valence-corrected chi connectivity index (χ4v) is 3.38. The van der Waals surface area contributed by atoms with Crippen LogP contribution in [0.15, 0.2) is 48.7 Å². The highest BCUT2D eigenvalue weighted by molar-refractivity contribution is 6.30. The average molecular weight is 358 g/mol. The van der Waals surface area contributed by atoms with Gasteiger partial charge in [-0.25, -0.2) is 4.98 Å². The Balaban J connectivity index is 1.35. The topological polar surface area (TPSA) is 45.2 Å². The Bertz CT molecular complexity index is 667. The maximum Gasteiger partial charge on any atom is 0.269 e. The summed E-state index contributed by atoms with van der Waals surface area (Å²) in [7, 11) is 0. The van der Waals surface area contributed by atoms with Gasteiger partial charge in [0, 0.05) is 19.3 Å². The van der Waals surface area contributed by atoms with Crippen molar-refractivity contribution in [2.45, 2.75) is 25.8 Å². The molecule has 1 fully saturated rings. The molecule has 5 heteroatoms. The zero-order valence-corrected chi connectivity index (χ0v) is 15.1. The van der Waals surface area contributed by atoms with E-state index in [0.29, 0.717) is 23.2 Å². The lowest BCUT2D eigenvalue weighted by Crippen LogP contribution is -2.35. The van der Waals surface area contributed by atoms with E-state index in [2.05, 4.69) is 45.5 Å². The van der Waals surface area contributed by atoms with Gasteiger partial charge < -0.3 is 5.32 Å². The molecule has 4 nitrogen and oxygen atoms in total. The highest BCUT2D eigenvalue weighted by atomic mass is 35.5. The summed E-state index contributed by atoms with van der Waals surface area (Å²) in [5.41, 5.74) is 1.80. The van der Waals surface area contributed by atoms with Crippen LogP contribution in [0.25, 0.3) is 0 Å². The van der Waals surface area contributed by atoms with Crippen LogP contribution in [0.3, 0.4) is 0 Å². The molecule has 1 aromatic carbocycles. The Kier molecular flexibility index (Phi) is 6.42. The molecule has 0 saturated carbocycles. The van der Waals surface area contributed by atoms with Crippen LogP contribution in [-0.4, -0.2) is 35.4 Å². The van der Waals surface area contributed by atoms with E-state index in [1.165, 1.54) is 24.6 Å². The first-order valence-corrected chi connectivity index (χ1v) is 9.24. The van der Waals surface area contributed by atoms with E-state index in [1.807, 2.05) is 0 Å². The van der Waals surface area contributed by atoms with Crippen LogP contribution in [-0.2, 0) is 6.54 Å². The van der Waals surface area contributed by atoms with Crippen molar-refractivity contribution in [2.75, 3.05) is 19.6 Å². The molecule has 1 N–H and O–H groups in total. The van der Waals surface area contributed by atoms with Crippen LogP contribution >= 0.6 is 11.6 Å². The molecule has 1 aromatic heterocycles. The molecule has 0 radical (unpaired) electrons. The molecule has 2 aromatic rings. The normalized spacial score (nSPS) is 15.9. The molecule has 1 aliphatic heterocycles. The molecule has 132 valence electrons. The van der Waals surface area contributed by atoms with Crippen molar-refractivity contribution >= 4 is 17.5 Å². The number of piperidine rings is 1. The van der Waals surface area contributed by atoms with Crippen molar-refractivity contribution in [1.29, 1.82) is 0 Å². The third kappa shape index (κ3) is 5.55. The predicted molar refractivity (Wildman–Crippen MR) is 101 cm³/mol. The van der Waals surface area contributed by atoms with Gasteiger partial charge in [-0.2, -0.15) is 0 Å². The standard InChI is InChI=1S/C20H24ClN3O/c21-18-6-7-19(23-14-18)20(25)22-11-8-16-9-12-24(13-10-16)15-17-4-2-1-3-5-17/h1-7,14,16H,8-13,15H2,(H,22,25). The smallest absolute Gasteiger partial charge is 0.269 e. The molecule has 2 heterocycles. The number of carbonyl (C=O) groups excluding carboxylic acids is 1. The summed E-state index contributed by atoms with van der Waals surface area (Å²) < 4.78 is 0. The van der Waals surface area contributed by atoms with Crippen molar-refractivity contribution in [1.82, 2.24) is 15.2 Å². The van der Waals surface area contributed by atoms with Crippen molar-refractivity contribution in [3.05, 3.63) is 64.9 Å². The number of nitrogens with zero attached hydrogens (tertiary/aromatic N) is 2. The second-order valence-corrected chi connectivity index (χ2v) is 7.05. The van der Waals surface area contributed by atoms with Crippen LogP contribution in [0.1, 0.15) is 35.3 Å². The van der Waals surface area contributed by atoms with Gasteiger partial charge in [-0.1, -0.05) is 41.9 Å². The van der Waals surface area contributed by atoms with E-state index in [0.717, 1.165) is 26.1 Å². The summed E-state index contributed by atoms with van der Waals surface area (Å²) in [4.78, 5) is 18.6. The van der Waals surface area contributed by atoms with Gasteiger partial charge in [-0.3, -0.25) is 9.69 Å². The zero-order chi connectivity index (χ0) is 17.5. The number of carbonyl (C=O) groups is 1. The minimum Gasteiger partial charge on any atom is -0.351 e. The summed E-state index contributed by atoms with van der Waals surface area (Å²) in [6.07, 6.45) is 4.92. The van der Waals surface area contributed by atoms with Crippen LogP contribution in [0.4, 0.5) is 0 Å². The van der Waals surface area contributed by atoms with Gasteiger partial charge in [-0.15, -0.1) is 0 Å². The minimum absolute atomic E-state index is 0.127. The molecule has 0 atom stereocenters. The molecule has 1 amide bonds. The second-order valence-electron chi connectivity index (χ2n) is 6.61. The summed E-state index contributed by atoms with van der Waals surface area (Å²) in [6.45, 7) is 4.00. The number of likely N-dealkylation sites (tertiary alicyclic amines) is 1. The molecule has 0 aliphatic carbocycles. The Morgan fingerprint density at radius 2 is 1.92 bits per heavy atom. The Hall–Kier alpha value is -1.91. The zero-order valence-electron chi connectivity index (χ0n) is 14.3. The number of benzene rings is 1. The molecule has 0 bridgehead atoms. The molecular weight excluding hydrogens is 334 g/mol. The maximum atomic E-state index is 12.0. The highest BCUT2D eigenvalue weighted by Crippen LogP contribution is 2.21. The van der Waals surface area contributed by atoms with Crippen LogP contribution in [0.5, 0.6) is 0 Å². The molecule has 25 heavy (non-hydrogen) atoms. The van der Waals surface area contributed by atoms with Crippen LogP contribution in [0.2, 0.25) is 5.02 Å². The van der Waals surface area contributed by atoms with E-state index in [1.54, 1.807) is 12.1 Å². The SMILES string of the molecule is O=C(NCCC1CCN(Cc2ccccc2)CC1)c1ccc(Cl)cn1. The van der Waals surface area contributed by atoms with E-state index < -0.39 is 0 Å². The van der Waals surface area contributed by atoms with Gasteiger partial charge in [0.2, 0.25) is 0 Å². The first-order valence-electron chi connectivity index (χ1n) is 8.87. The van der Waals surface area contributed by atoms with Gasteiger partial charge in [-0.05, 0) is 56.0 Å². The number of amides is 1. The Morgan fingerprint density at radius 1 is 1.16 bits per heavy atom. The molecular formula is C20H24ClN3O. The van der Waals surface area contributed by atoms with Crippen molar-refractivity contribution in [2.24, 2.45) is 5.92 Å². The van der Waals surface area contributed by atoms with E-state index in [-0.39, 0.29) is 5.91 Å². The number of hydrogen-bond donors (Lipinski definition) is 1. The highest BCUT2D eigenvalue weighted by Gasteiger charge is 2.19. The lowest BCUT2D eigenvalue weighted by Gasteiger charge is -2.32. The summed E-state index contributed by atoms with van der Waals surface area (Å²) in [5.74, 6) is 0.559. The molecule has 0 spiro atoms.